The molecule has 0 spiro atoms. The number of hydrogen-bond donors (Lipinski definition) is 2. The predicted octanol–water partition coefficient (Wildman–Crippen LogP) is 6.40. The Hall–Kier alpha value is -2.96. The second-order valence-corrected chi connectivity index (χ2v) is 15.2. The van der Waals surface area contributed by atoms with Crippen molar-refractivity contribution in [2.45, 2.75) is 68.9 Å². The second kappa shape index (κ2) is 15.5. The standard InChI is InChI=1S/C37H49F3N4O4S/c1-48-31-8-5-28(6-9-31)36(24-30(36)25-41-15-4-22-49-44-16-2-3-17-44)35(47)43-20-11-26(12-21-43)32-10-7-29(37(38,39)40)23-33(32)42-18-13-27(14-19-42)34(45)46/h5-10,23,26-27,30,41H,2-4,11-22,24-25H2,1H3,(H,45,46). The number of carboxylic acids is 1. The number of halogens is 3. The van der Waals surface area contributed by atoms with Gasteiger partial charge in [-0.05, 0) is 112 Å². The fourth-order valence-electron chi connectivity index (χ4n) is 8.07. The van der Waals surface area contributed by atoms with E-state index < -0.39 is 29.0 Å². The summed E-state index contributed by atoms with van der Waals surface area (Å²) < 4.78 is 49.2. The van der Waals surface area contributed by atoms with Crippen LogP contribution < -0.4 is 15.0 Å². The number of carbonyl (C=O) groups is 2. The fraction of sp³-hybridized carbons (Fsp3) is 0.622. The van der Waals surface area contributed by atoms with Gasteiger partial charge in [0.15, 0.2) is 0 Å². The van der Waals surface area contributed by atoms with Crippen molar-refractivity contribution in [3.05, 3.63) is 59.2 Å². The number of likely N-dealkylation sites (tertiary alicyclic amines) is 1. The maximum atomic E-state index is 14.4. The van der Waals surface area contributed by atoms with Crippen molar-refractivity contribution < 1.29 is 32.6 Å². The van der Waals surface area contributed by atoms with E-state index in [2.05, 4.69) is 9.62 Å². The molecule has 268 valence electrons. The summed E-state index contributed by atoms with van der Waals surface area (Å²) in [6, 6.07) is 11.9. The molecule has 3 saturated heterocycles. The third-order valence-corrected chi connectivity index (χ3v) is 12.3. The lowest BCUT2D eigenvalue weighted by Gasteiger charge is -2.38. The molecule has 2 N–H and O–H groups in total. The Morgan fingerprint density at radius 3 is 2.31 bits per heavy atom. The largest absolute Gasteiger partial charge is 0.497 e. The molecule has 3 heterocycles. The van der Waals surface area contributed by atoms with Gasteiger partial charge in [0, 0.05) is 50.7 Å². The van der Waals surface area contributed by atoms with Gasteiger partial charge in [0.25, 0.3) is 0 Å². The maximum absolute atomic E-state index is 14.4. The van der Waals surface area contributed by atoms with Crippen LogP contribution in [0.1, 0.15) is 74.0 Å². The number of benzene rings is 2. The molecule has 1 saturated carbocycles. The molecular weight excluding hydrogens is 653 g/mol. The normalized spacial score (nSPS) is 24.0. The van der Waals surface area contributed by atoms with E-state index >= 15 is 0 Å². The molecule has 4 fully saturated rings. The lowest BCUT2D eigenvalue weighted by Crippen LogP contribution is -2.45. The van der Waals surface area contributed by atoms with Crippen LogP contribution in [0.5, 0.6) is 5.75 Å². The molecule has 0 radical (unpaired) electrons. The summed E-state index contributed by atoms with van der Waals surface area (Å²) in [5.74, 6) is 0.842. The SMILES string of the molecule is COc1ccc(C2(C(=O)N3CCC(c4ccc(C(F)(F)F)cc4N4CCC(C(=O)O)CC4)CC3)CC2CNCCCSN2CCCC2)cc1. The van der Waals surface area contributed by atoms with Crippen molar-refractivity contribution in [1.29, 1.82) is 0 Å². The highest BCUT2D eigenvalue weighted by molar-refractivity contribution is 7.97. The number of hydrogen-bond acceptors (Lipinski definition) is 7. The maximum Gasteiger partial charge on any atom is 0.416 e. The number of nitrogens with zero attached hydrogens (tertiary/aromatic N) is 3. The zero-order valence-electron chi connectivity index (χ0n) is 28.4. The van der Waals surface area contributed by atoms with Gasteiger partial charge in [0.05, 0.1) is 24.0 Å². The van der Waals surface area contributed by atoms with Crippen LogP contribution in [0.3, 0.4) is 0 Å². The van der Waals surface area contributed by atoms with Crippen molar-refractivity contribution in [2.24, 2.45) is 11.8 Å². The van der Waals surface area contributed by atoms with E-state index in [1.807, 2.05) is 46.0 Å². The number of piperidine rings is 2. The van der Waals surface area contributed by atoms with Gasteiger partial charge < -0.3 is 25.0 Å². The molecule has 2 unspecified atom stereocenters. The molecule has 2 aromatic carbocycles. The first-order valence-corrected chi connectivity index (χ1v) is 18.8. The highest BCUT2D eigenvalue weighted by Gasteiger charge is 2.61. The van der Waals surface area contributed by atoms with Gasteiger partial charge in [-0.1, -0.05) is 30.1 Å². The van der Waals surface area contributed by atoms with Crippen molar-refractivity contribution >= 4 is 29.5 Å². The number of amides is 1. The van der Waals surface area contributed by atoms with Crippen LogP contribution in [-0.4, -0.2) is 91.4 Å². The summed E-state index contributed by atoms with van der Waals surface area (Å²) in [6.45, 7) is 5.94. The molecule has 6 rings (SSSR count). The number of carboxylic acid groups (broad SMARTS) is 1. The highest BCUT2D eigenvalue weighted by Crippen LogP contribution is 2.56. The van der Waals surface area contributed by atoms with Gasteiger partial charge in [-0.2, -0.15) is 13.2 Å². The Bertz CT molecular complexity index is 1440. The summed E-state index contributed by atoms with van der Waals surface area (Å²) in [5, 5.41) is 13.1. The minimum atomic E-state index is -4.47. The molecule has 4 aliphatic rings. The number of aliphatic carboxylic acids is 1. The van der Waals surface area contributed by atoms with Crippen molar-refractivity contribution in [2.75, 3.05) is 70.1 Å². The Morgan fingerprint density at radius 1 is 0.980 bits per heavy atom. The first kappa shape index (κ1) is 35.9. The third kappa shape index (κ3) is 8.17. The van der Waals surface area contributed by atoms with E-state index in [0.717, 1.165) is 54.6 Å². The molecule has 0 aromatic heterocycles. The molecule has 1 aliphatic carbocycles. The second-order valence-electron chi connectivity index (χ2n) is 14.1. The van der Waals surface area contributed by atoms with Crippen molar-refractivity contribution in [3.63, 3.8) is 0 Å². The fourth-order valence-corrected chi connectivity index (χ4v) is 9.12. The monoisotopic (exact) mass is 702 g/mol. The highest BCUT2D eigenvalue weighted by atomic mass is 32.2. The zero-order valence-corrected chi connectivity index (χ0v) is 29.2. The first-order chi connectivity index (χ1) is 23.6. The number of ether oxygens (including phenoxy) is 1. The molecule has 2 aromatic rings. The van der Waals surface area contributed by atoms with Crippen LogP contribution in [0.4, 0.5) is 18.9 Å². The quantitative estimate of drug-likeness (QED) is 0.183. The van der Waals surface area contributed by atoms with Crippen LogP contribution >= 0.6 is 11.9 Å². The Morgan fingerprint density at radius 2 is 1.67 bits per heavy atom. The molecule has 3 aliphatic heterocycles. The van der Waals surface area contributed by atoms with Gasteiger partial charge in [-0.25, -0.2) is 0 Å². The number of alkyl halides is 3. The van der Waals surface area contributed by atoms with Gasteiger partial charge in [0.2, 0.25) is 5.91 Å². The predicted molar refractivity (Wildman–Crippen MR) is 186 cm³/mol. The summed E-state index contributed by atoms with van der Waals surface area (Å²) >= 11 is 1.94. The smallest absolute Gasteiger partial charge is 0.416 e. The average molecular weight is 703 g/mol. The topological polar surface area (TPSA) is 85.3 Å². The van der Waals surface area contributed by atoms with Crippen molar-refractivity contribution in [1.82, 2.24) is 14.5 Å². The average Bonchev–Trinajstić information content (AvgIpc) is 3.60. The van der Waals surface area contributed by atoms with E-state index in [4.69, 9.17) is 4.74 Å². The number of methoxy groups -OCH3 is 1. The van der Waals surface area contributed by atoms with Gasteiger partial charge in [-0.15, -0.1) is 0 Å². The van der Waals surface area contributed by atoms with E-state index in [1.54, 1.807) is 13.2 Å². The van der Waals surface area contributed by atoms with Crippen LogP contribution in [0, 0.1) is 11.8 Å². The van der Waals surface area contributed by atoms with E-state index in [9.17, 15) is 27.9 Å². The summed E-state index contributed by atoms with van der Waals surface area (Å²) in [7, 11) is 1.63. The minimum absolute atomic E-state index is 0.00515. The molecule has 0 bridgehead atoms. The lowest BCUT2D eigenvalue weighted by atomic mass is 9.85. The third-order valence-electron chi connectivity index (χ3n) is 11.1. The summed E-state index contributed by atoms with van der Waals surface area (Å²) in [6.07, 6.45) is 2.09. The zero-order chi connectivity index (χ0) is 34.6. The Kier molecular flexibility index (Phi) is 11.4. The molecular formula is C37H49F3N4O4S. The van der Waals surface area contributed by atoms with Crippen LogP contribution in [-0.2, 0) is 21.2 Å². The summed E-state index contributed by atoms with van der Waals surface area (Å²) in [5.41, 5.74) is 1.12. The molecule has 1 amide bonds. The van der Waals surface area contributed by atoms with Crippen LogP contribution in [0.15, 0.2) is 42.5 Å². The number of rotatable bonds is 13. The van der Waals surface area contributed by atoms with E-state index in [0.29, 0.717) is 57.5 Å². The van der Waals surface area contributed by atoms with Gasteiger partial charge in [0.1, 0.15) is 5.75 Å². The number of carbonyl (C=O) groups excluding carboxylic acids is 1. The summed E-state index contributed by atoms with van der Waals surface area (Å²) in [4.78, 5) is 29.8. The minimum Gasteiger partial charge on any atom is -0.497 e. The van der Waals surface area contributed by atoms with Gasteiger partial charge >= 0.3 is 12.1 Å². The van der Waals surface area contributed by atoms with Crippen molar-refractivity contribution in [3.8, 4) is 5.75 Å². The molecule has 12 heteroatoms. The molecule has 8 nitrogen and oxygen atoms in total. The molecule has 2 atom stereocenters. The van der Waals surface area contributed by atoms with Crippen LogP contribution in [0.2, 0.25) is 0 Å². The van der Waals surface area contributed by atoms with E-state index in [1.165, 1.54) is 32.0 Å². The van der Waals surface area contributed by atoms with Gasteiger partial charge in [-0.3, -0.25) is 13.9 Å². The first-order valence-electron chi connectivity index (χ1n) is 17.8. The Balaban J connectivity index is 1.11. The molecule has 49 heavy (non-hydrogen) atoms. The number of anilines is 1. The van der Waals surface area contributed by atoms with E-state index in [-0.39, 0.29) is 17.7 Å². The van der Waals surface area contributed by atoms with Crippen LogP contribution in [0.25, 0.3) is 0 Å². The number of nitrogens with one attached hydrogen (secondary N) is 1. The lowest BCUT2D eigenvalue weighted by molar-refractivity contribution is -0.142. The Labute approximate surface area is 291 Å².